The van der Waals surface area contributed by atoms with Crippen molar-refractivity contribution in [1.82, 2.24) is 4.90 Å². The molecule has 1 fully saturated rings. The molecule has 45 heavy (non-hydrogen) atoms. The number of carboxylic acids is 1. The first-order chi connectivity index (χ1) is 21.7. The van der Waals surface area contributed by atoms with Crippen LogP contribution in [0.1, 0.15) is 79.8 Å². The average Bonchev–Trinajstić information content (AvgIpc) is 3.66. The average molecular weight is 619 g/mol. The summed E-state index contributed by atoms with van der Waals surface area (Å²) in [6.45, 7) is 9.02. The Kier molecular flexibility index (Phi) is 10.3. The van der Waals surface area contributed by atoms with Crippen LogP contribution in [0.2, 0.25) is 0 Å². The molecule has 3 aromatic carbocycles. The smallest absolute Gasteiger partial charge is 0.309 e. The van der Waals surface area contributed by atoms with Gasteiger partial charge in [-0.1, -0.05) is 63.4 Å². The molecule has 2 aliphatic heterocycles. The number of anilines is 1. The number of benzene rings is 3. The minimum absolute atomic E-state index is 0.0301. The van der Waals surface area contributed by atoms with Crippen LogP contribution in [0.3, 0.4) is 0 Å². The summed E-state index contributed by atoms with van der Waals surface area (Å²) >= 11 is 0. The molecule has 5 rings (SSSR count). The molecule has 1 saturated heterocycles. The van der Waals surface area contributed by atoms with Crippen LogP contribution >= 0.6 is 0 Å². The number of nitrogens with one attached hydrogen (secondary N) is 1. The molecule has 0 aromatic heterocycles. The Morgan fingerprint density at radius 2 is 1.71 bits per heavy atom. The number of ether oxygens (including phenoxy) is 3. The topological polar surface area (TPSA) is 97.3 Å². The zero-order chi connectivity index (χ0) is 32.1. The van der Waals surface area contributed by atoms with E-state index in [0.717, 1.165) is 60.0 Å². The molecular weight excluding hydrogens is 575 g/mol. The van der Waals surface area contributed by atoms with E-state index in [1.165, 1.54) is 6.07 Å². The number of carbonyl (C=O) groups is 2. The normalized spacial score (nSPS) is 19.1. The number of nitrogens with zero attached hydrogens (tertiary/aromatic N) is 1. The number of hydrogen-bond acceptors (Lipinski definition) is 6. The Morgan fingerprint density at radius 1 is 1.00 bits per heavy atom. The third kappa shape index (κ3) is 7.09. The standard InChI is InChI=1S/C36H43FN2O6/c1-5-8-9-14-43-27-12-10-25(11-13-27)34-32(36(41)42)28(26-17-29(37)35-30(18-26)44-21-45-35)19-39(34)20-31(40)38-33-23(6-2)15-22(4)16-24(33)7-3/h10-13,15-18,28,32,34H,5-9,14,19-21H2,1-4H3,(H,38,40)(H,41,42)/t28-,32-,34+/m1/s1. The summed E-state index contributed by atoms with van der Waals surface area (Å²) in [6.07, 6.45) is 4.67. The van der Waals surface area contributed by atoms with Gasteiger partial charge in [-0.15, -0.1) is 0 Å². The lowest BCUT2D eigenvalue weighted by Crippen LogP contribution is -2.35. The van der Waals surface area contributed by atoms with E-state index < -0.39 is 29.7 Å². The predicted molar refractivity (Wildman–Crippen MR) is 171 cm³/mol. The summed E-state index contributed by atoms with van der Waals surface area (Å²) in [5.74, 6) is -2.42. The maximum atomic E-state index is 15.0. The van der Waals surface area contributed by atoms with E-state index in [-0.39, 0.29) is 37.3 Å². The van der Waals surface area contributed by atoms with Gasteiger partial charge in [0, 0.05) is 24.2 Å². The van der Waals surface area contributed by atoms with Gasteiger partial charge >= 0.3 is 5.97 Å². The van der Waals surface area contributed by atoms with Crippen LogP contribution in [-0.4, -0.2) is 48.4 Å². The van der Waals surface area contributed by atoms with E-state index in [4.69, 9.17) is 14.2 Å². The highest BCUT2D eigenvalue weighted by atomic mass is 19.1. The Bertz CT molecular complexity index is 1500. The zero-order valence-electron chi connectivity index (χ0n) is 26.5. The van der Waals surface area contributed by atoms with Crippen molar-refractivity contribution in [2.24, 2.45) is 5.92 Å². The third-order valence-electron chi connectivity index (χ3n) is 8.82. The predicted octanol–water partition coefficient (Wildman–Crippen LogP) is 7.04. The lowest BCUT2D eigenvalue weighted by Gasteiger charge is -2.27. The molecule has 0 spiro atoms. The maximum Gasteiger partial charge on any atom is 0.309 e. The molecule has 2 heterocycles. The van der Waals surface area contributed by atoms with Gasteiger partial charge in [0.25, 0.3) is 0 Å². The molecule has 3 aromatic rings. The maximum absolute atomic E-state index is 15.0. The second kappa shape index (κ2) is 14.3. The first-order valence-electron chi connectivity index (χ1n) is 15.9. The van der Waals surface area contributed by atoms with Crippen LogP contribution < -0.4 is 19.5 Å². The molecule has 0 bridgehead atoms. The fraction of sp³-hybridized carbons (Fsp3) is 0.444. The number of halogens is 1. The Morgan fingerprint density at radius 3 is 2.36 bits per heavy atom. The van der Waals surface area contributed by atoms with Crippen molar-refractivity contribution in [3.63, 3.8) is 0 Å². The fourth-order valence-corrected chi connectivity index (χ4v) is 6.66. The number of amides is 1. The van der Waals surface area contributed by atoms with Crippen molar-refractivity contribution in [3.05, 3.63) is 82.2 Å². The fourth-order valence-electron chi connectivity index (χ4n) is 6.66. The van der Waals surface area contributed by atoms with Gasteiger partial charge in [0.05, 0.1) is 19.1 Å². The quantitative estimate of drug-likeness (QED) is 0.198. The molecule has 3 atom stereocenters. The molecule has 2 aliphatic rings. The SMILES string of the molecule is CCCCCOc1ccc([C@H]2[C@H](C(=O)O)[C@@H](c3cc(F)c4c(c3)OCO4)CN2CC(=O)Nc2c(CC)cc(C)cc2CC)cc1. The molecule has 1 amide bonds. The Hall–Kier alpha value is -4.11. The molecule has 0 saturated carbocycles. The van der Waals surface area contributed by atoms with Gasteiger partial charge in [-0.25, -0.2) is 4.39 Å². The number of carbonyl (C=O) groups excluding carboxylic acids is 1. The zero-order valence-corrected chi connectivity index (χ0v) is 26.5. The van der Waals surface area contributed by atoms with Crippen molar-refractivity contribution in [1.29, 1.82) is 0 Å². The van der Waals surface area contributed by atoms with Gasteiger partial charge in [-0.2, -0.15) is 0 Å². The van der Waals surface area contributed by atoms with Crippen molar-refractivity contribution in [2.75, 3.05) is 31.8 Å². The number of aryl methyl sites for hydroxylation is 3. The Balaban J connectivity index is 1.47. The Labute approximate surface area is 264 Å². The summed E-state index contributed by atoms with van der Waals surface area (Å²) in [5.41, 5.74) is 5.32. The van der Waals surface area contributed by atoms with E-state index in [1.807, 2.05) is 36.1 Å². The molecule has 0 unspecified atom stereocenters. The molecular formula is C36H43FN2O6. The highest BCUT2D eigenvalue weighted by Gasteiger charge is 2.48. The number of carboxylic acid groups (broad SMARTS) is 1. The van der Waals surface area contributed by atoms with Gasteiger partial charge in [0.15, 0.2) is 11.6 Å². The third-order valence-corrected chi connectivity index (χ3v) is 8.82. The summed E-state index contributed by atoms with van der Waals surface area (Å²) in [6, 6.07) is 14.0. The van der Waals surface area contributed by atoms with Gasteiger partial charge in [0.2, 0.25) is 18.4 Å². The van der Waals surface area contributed by atoms with Gasteiger partial charge in [-0.05, 0) is 72.7 Å². The molecule has 8 nitrogen and oxygen atoms in total. The lowest BCUT2D eigenvalue weighted by molar-refractivity contribution is -0.143. The van der Waals surface area contributed by atoms with Crippen LogP contribution in [0.25, 0.3) is 0 Å². The van der Waals surface area contributed by atoms with Gasteiger partial charge in [0.1, 0.15) is 5.75 Å². The first kappa shape index (κ1) is 32.3. The van der Waals surface area contributed by atoms with Gasteiger partial charge in [-0.3, -0.25) is 14.5 Å². The monoisotopic (exact) mass is 618 g/mol. The summed E-state index contributed by atoms with van der Waals surface area (Å²) < 4.78 is 31.6. The number of fused-ring (bicyclic) bond motifs is 1. The van der Waals surface area contributed by atoms with E-state index in [9.17, 15) is 14.7 Å². The van der Waals surface area contributed by atoms with Crippen molar-refractivity contribution < 1.29 is 33.3 Å². The van der Waals surface area contributed by atoms with Crippen molar-refractivity contribution in [2.45, 2.75) is 71.8 Å². The van der Waals surface area contributed by atoms with Crippen LogP contribution in [0.5, 0.6) is 17.2 Å². The van der Waals surface area contributed by atoms with Crippen molar-refractivity contribution in [3.8, 4) is 17.2 Å². The summed E-state index contributed by atoms with van der Waals surface area (Å²) in [5, 5.41) is 13.8. The van der Waals surface area contributed by atoms with E-state index in [2.05, 4.69) is 38.2 Å². The minimum atomic E-state index is -1.02. The minimum Gasteiger partial charge on any atom is -0.494 e. The number of rotatable bonds is 13. The molecule has 0 radical (unpaired) electrons. The van der Waals surface area contributed by atoms with Crippen LogP contribution in [0.4, 0.5) is 10.1 Å². The lowest BCUT2D eigenvalue weighted by atomic mass is 9.82. The molecule has 240 valence electrons. The number of likely N-dealkylation sites (tertiary alicyclic amines) is 1. The summed E-state index contributed by atoms with van der Waals surface area (Å²) in [7, 11) is 0. The number of aliphatic carboxylic acids is 1. The molecule has 9 heteroatoms. The number of unbranched alkanes of at least 4 members (excludes halogenated alkanes) is 2. The second-order valence-electron chi connectivity index (χ2n) is 11.9. The van der Waals surface area contributed by atoms with Gasteiger partial charge < -0.3 is 24.6 Å². The van der Waals surface area contributed by atoms with E-state index in [1.54, 1.807) is 6.07 Å². The van der Waals surface area contributed by atoms with E-state index in [0.29, 0.717) is 17.9 Å². The number of hydrogen-bond donors (Lipinski definition) is 2. The molecule has 2 N–H and O–H groups in total. The second-order valence-corrected chi connectivity index (χ2v) is 11.9. The largest absolute Gasteiger partial charge is 0.494 e. The summed E-state index contributed by atoms with van der Waals surface area (Å²) in [4.78, 5) is 28.6. The highest BCUT2D eigenvalue weighted by molar-refractivity contribution is 5.94. The van der Waals surface area contributed by atoms with Crippen LogP contribution in [0, 0.1) is 18.7 Å². The van der Waals surface area contributed by atoms with Crippen LogP contribution in [-0.2, 0) is 22.4 Å². The van der Waals surface area contributed by atoms with E-state index >= 15 is 4.39 Å². The molecule has 0 aliphatic carbocycles. The highest BCUT2D eigenvalue weighted by Crippen LogP contribution is 2.48. The van der Waals surface area contributed by atoms with Crippen molar-refractivity contribution >= 4 is 17.6 Å². The van der Waals surface area contributed by atoms with Crippen LogP contribution in [0.15, 0.2) is 48.5 Å². The first-order valence-corrected chi connectivity index (χ1v) is 15.9.